The normalized spacial score (nSPS) is 20.3. The van der Waals surface area contributed by atoms with E-state index >= 15 is 0 Å². The molecule has 2 saturated heterocycles. The van der Waals surface area contributed by atoms with Crippen LogP contribution in [0.4, 0.5) is 5.69 Å². The number of hydrogen-bond donors (Lipinski definition) is 2. The number of morpholine rings is 1. The fourth-order valence-corrected chi connectivity index (χ4v) is 3.57. The number of anilines is 1. The number of rotatable bonds is 2. The van der Waals surface area contributed by atoms with Crippen LogP contribution in [-0.2, 0) is 4.74 Å². The van der Waals surface area contributed by atoms with Gasteiger partial charge < -0.3 is 10.1 Å². The van der Waals surface area contributed by atoms with Gasteiger partial charge in [0, 0.05) is 11.3 Å². The molecule has 1 atom stereocenters. The molecule has 1 unspecified atom stereocenters. The molecule has 1 aromatic rings. The summed E-state index contributed by atoms with van der Waals surface area (Å²) in [6.07, 6.45) is 0. The molecule has 24 heavy (non-hydrogen) atoms. The van der Waals surface area contributed by atoms with E-state index in [0.717, 1.165) is 60.0 Å². The molecule has 2 N–H and O–H groups in total. The van der Waals surface area contributed by atoms with Crippen LogP contribution in [0.2, 0.25) is 0 Å². The van der Waals surface area contributed by atoms with Gasteiger partial charge in [0.25, 0.3) is 0 Å². The van der Waals surface area contributed by atoms with Crippen molar-refractivity contribution < 1.29 is 4.74 Å². The van der Waals surface area contributed by atoms with E-state index in [2.05, 4.69) is 41.2 Å². The smallest absolute Gasteiger partial charge is 0.375 e. The Morgan fingerprint density at radius 1 is 1.46 bits per heavy atom. The molecule has 2 aliphatic rings. The van der Waals surface area contributed by atoms with Gasteiger partial charge in [-0.15, -0.1) is 0 Å². The van der Waals surface area contributed by atoms with E-state index in [0.29, 0.717) is 0 Å². The van der Waals surface area contributed by atoms with Crippen molar-refractivity contribution in [3.8, 4) is 0 Å². The summed E-state index contributed by atoms with van der Waals surface area (Å²) in [6.45, 7) is 11.5. The first-order chi connectivity index (χ1) is 11.6. The van der Waals surface area contributed by atoms with Crippen LogP contribution in [0.5, 0.6) is 0 Å². The number of thioether (sulfide) groups is 1. The van der Waals surface area contributed by atoms with E-state index in [4.69, 9.17) is 9.40 Å². The maximum absolute atomic E-state index is 5.58. The predicted molar refractivity (Wildman–Crippen MR) is 104 cm³/mol. The zero-order valence-electron chi connectivity index (χ0n) is 14.3. The molecule has 0 aliphatic carbocycles. The molecule has 2 heterocycles. The quantitative estimate of drug-likeness (QED) is 0.488. The van der Waals surface area contributed by atoms with E-state index in [-0.39, 0.29) is 6.04 Å². The minimum absolute atomic E-state index is 0.286. The molecule has 2 fully saturated rings. The largest absolute Gasteiger partial charge is 0.403 e. The van der Waals surface area contributed by atoms with Gasteiger partial charge in [-0.25, -0.2) is 4.67 Å². The second-order valence-corrected chi connectivity index (χ2v) is 7.17. The second-order valence-electron chi connectivity index (χ2n) is 6.08. The van der Waals surface area contributed by atoms with Crippen LogP contribution in [0.15, 0.2) is 30.8 Å². The van der Waals surface area contributed by atoms with Crippen molar-refractivity contribution in [1.29, 1.82) is 0 Å². The topological polar surface area (TPSA) is 50.6 Å². The molecule has 3 rings (SSSR count). The Morgan fingerprint density at radius 3 is 3.00 bits per heavy atom. The second kappa shape index (κ2) is 7.79. The number of guanidine groups is 1. The highest BCUT2D eigenvalue weighted by molar-refractivity contribution is 8.14. The molecular weight excluding hydrogens is 320 g/mol. The monoisotopic (exact) mass is 345 g/mol. The summed E-state index contributed by atoms with van der Waals surface area (Å²) in [5, 5.41) is 7.86. The molecular formula is C18H25N4OS+. The number of hydrogen-bond acceptors (Lipinski definition) is 2. The van der Waals surface area contributed by atoms with Crippen molar-refractivity contribution in [1.82, 2.24) is 14.9 Å². The van der Waals surface area contributed by atoms with Crippen LogP contribution in [0.25, 0.3) is 5.57 Å². The number of nitrogens with one attached hydrogen (secondary N) is 2. The lowest BCUT2D eigenvalue weighted by atomic mass is 10.1. The zero-order chi connectivity index (χ0) is 16.9. The van der Waals surface area contributed by atoms with Gasteiger partial charge in [-0.2, -0.15) is 0 Å². The van der Waals surface area contributed by atoms with Crippen molar-refractivity contribution >= 4 is 34.1 Å². The van der Waals surface area contributed by atoms with Gasteiger partial charge in [0.15, 0.2) is 0 Å². The molecule has 5 nitrogen and oxygen atoms in total. The maximum Gasteiger partial charge on any atom is 0.403 e. The van der Waals surface area contributed by atoms with E-state index < -0.39 is 0 Å². The third-order valence-corrected chi connectivity index (χ3v) is 5.01. The Kier molecular flexibility index (Phi) is 5.51. The van der Waals surface area contributed by atoms with Gasteiger partial charge in [-0.3, -0.25) is 10.2 Å². The first-order valence-electron chi connectivity index (χ1n) is 8.34. The van der Waals surface area contributed by atoms with Gasteiger partial charge >= 0.3 is 11.1 Å². The highest BCUT2D eigenvalue weighted by Gasteiger charge is 2.29. The number of nitrogens with zero attached hydrogens (tertiary/aromatic N) is 2. The highest BCUT2D eigenvalue weighted by Crippen LogP contribution is 2.22. The average Bonchev–Trinajstić information content (AvgIpc) is 3.08. The highest BCUT2D eigenvalue weighted by atomic mass is 32.2. The SMILES string of the molecule is C=C(C)c1ccccc1NC(=[N+]=C1NCCS1)N1CCOCC1C. The Bertz CT molecular complexity index is 673. The molecule has 2 aliphatic heterocycles. The lowest BCUT2D eigenvalue weighted by Crippen LogP contribution is -2.51. The maximum atomic E-state index is 5.58. The third kappa shape index (κ3) is 3.96. The lowest BCUT2D eigenvalue weighted by Gasteiger charge is -2.30. The standard InChI is InChI=1S/C18H24N4OS/c1-13(2)15-6-4-5-7-16(15)20-17(21-18-19-8-11-24-18)22-9-10-23-12-14(22)3/h4-7,14H,1,8-12H2,2-3H3,(H,19,20,21)/p+1. The summed E-state index contributed by atoms with van der Waals surface area (Å²) in [7, 11) is 0. The Balaban J connectivity index is 1.97. The minimum atomic E-state index is 0.286. The Morgan fingerprint density at radius 2 is 2.29 bits per heavy atom. The van der Waals surface area contributed by atoms with Crippen molar-refractivity contribution in [3.63, 3.8) is 0 Å². The molecule has 0 aromatic heterocycles. The van der Waals surface area contributed by atoms with Crippen LogP contribution >= 0.6 is 11.8 Å². The van der Waals surface area contributed by atoms with Crippen LogP contribution < -0.4 is 15.3 Å². The minimum Gasteiger partial charge on any atom is -0.375 e. The van der Waals surface area contributed by atoms with Gasteiger partial charge in [0.05, 0.1) is 38.0 Å². The molecule has 0 radical (unpaired) electrons. The number of ether oxygens (including phenoxy) is 1. The number of para-hydroxylation sites is 1. The molecule has 0 bridgehead atoms. The fourth-order valence-electron chi connectivity index (χ4n) is 2.82. The van der Waals surface area contributed by atoms with Crippen LogP contribution in [0, 0.1) is 0 Å². The summed E-state index contributed by atoms with van der Waals surface area (Å²) >= 11 is 1.76. The van der Waals surface area contributed by atoms with E-state index in [9.17, 15) is 0 Å². The summed E-state index contributed by atoms with van der Waals surface area (Å²) in [5.41, 5.74) is 3.18. The average molecular weight is 345 g/mol. The molecule has 0 spiro atoms. The van der Waals surface area contributed by atoms with Crippen LogP contribution in [0.1, 0.15) is 19.4 Å². The van der Waals surface area contributed by atoms with E-state index in [1.165, 1.54) is 0 Å². The summed E-state index contributed by atoms with van der Waals surface area (Å²) < 4.78 is 10.4. The summed E-state index contributed by atoms with van der Waals surface area (Å²) in [5.74, 6) is 1.93. The Labute approximate surface area is 147 Å². The molecule has 0 saturated carbocycles. The molecule has 0 amide bonds. The van der Waals surface area contributed by atoms with Gasteiger partial charge in [-0.05, 0) is 37.2 Å². The third-order valence-electron chi connectivity index (χ3n) is 4.10. The lowest BCUT2D eigenvalue weighted by molar-refractivity contribution is 0.0331. The predicted octanol–water partition coefficient (Wildman–Crippen LogP) is 1.97. The van der Waals surface area contributed by atoms with E-state index in [1.807, 2.05) is 19.1 Å². The number of allylic oxidation sites excluding steroid dienone is 1. The number of amidine groups is 1. The number of benzene rings is 1. The molecule has 6 heteroatoms. The zero-order valence-corrected chi connectivity index (χ0v) is 15.2. The first-order valence-corrected chi connectivity index (χ1v) is 9.32. The Hall–Kier alpha value is -1.88. The van der Waals surface area contributed by atoms with Crippen LogP contribution in [-0.4, -0.2) is 54.1 Å². The van der Waals surface area contributed by atoms with Crippen molar-refractivity contribution in [2.45, 2.75) is 19.9 Å². The van der Waals surface area contributed by atoms with Gasteiger partial charge in [0.1, 0.15) is 0 Å². The first kappa shape index (κ1) is 17.0. The molecule has 128 valence electrons. The van der Waals surface area contributed by atoms with Crippen LogP contribution in [0.3, 0.4) is 0 Å². The van der Waals surface area contributed by atoms with Crippen molar-refractivity contribution in [2.24, 2.45) is 0 Å². The summed E-state index contributed by atoms with van der Waals surface area (Å²) in [6, 6.07) is 8.51. The fraction of sp³-hybridized carbons (Fsp3) is 0.444. The van der Waals surface area contributed by atoms with E-state index in [1.54, 1.807) is 11.8 Å². The summed E-state index contributed by atoms with van der Waals surface area (Å²) in [4.78, 5) is 2.28. The van der Waals surface area contributed by atoms with Gasteiger partial charge in [0.2, 0.25) is 0 Å². The van der Waals surface area contributed by atoms with Gasteiger partial charge in [-0.1, -0.05) is 24.8 Å². The van der Waals surface area contributed by atoms with Crippen molar-refractivity contribution in [2.75, 3.05) is 37.4 Å². The van der Waals surface area contributed by atoms with Crippen molar-refractivity contribution in [3.05, 3.63) is 36.4 Å². The molecule has 1 aromatic carbocycles.